The number of hydrogen-bond acceptors (Lipinski definition) is 2. The fraction of sp³-hybridized carbons (Fsp3) is 0.857. The Hall–Kier alpha value is -0.530. The summed E-state index contributed by atoms with van der Waals surface area (Å²) in [5.74, 6) is 0.461. The fourth-order valence-corrected chi connectivity index (χ4v) is 1.21. The van der Waals surface area contributed by atoms with Crippen LogP contribution in [-0.2, 0) is 0 Å². The normalized spacial score (nSPS) is 36.3. The third kappa shape index (κ3) is 0.824. The molecule has 52 valence electrons. The van der Waals surface area contributed by atoms with Gasteiger partial charge in [-0.3, -0.25) is 0 Å². The standard InChI is InChI=1S/C7H13NO/c1-5-6(8-9)4-7(5,2)3/h5,9H,4H2,1-3H3/b8-6-. The number of oxime groups is 1. The van der Waals surface area contributed by atoms with Gasteiger partial charge >= 0.3 is 0 Å². The van der Waals surface area contributed by atoms with Crippen molar-refractivity contribution in [3.05, 3.63) is 0 Å². The minimum Gasteiger partial charge on any atom is -0.411 e. The summed E-state index contributed by atoms with van der Waals surface area (Å²) in [6, 6.07) is 0. The number of hydrogen-bond donors (Lipinski definition) is 1. The Morgan fingerprint density at radius 1 is 1.67 bits per heavy atom. The summed E-state index contributed by atoms with van der Waals surface area (Å²) in [5, 5.41) is 11.6. The summed E-state index contributed by atoms with van der Waals surface area (Å²) >= 11 is 0. The van der Waals surface area contributed by atoms with Crippen molar-refractivity contribution in [3.63, 3.8) is 0 Å². The second kappa shape index (κ2) is 1.72. The average Bonchev–Trinajstić information content (AvgIpc) is 1.82. The summed E-state index contributed by atoms with van der Waals surface area (Å²) in [4.78, 5) is 0. The molecule has 0 spiro atoms. The van der Waals surface area contributed by atoms with Gasteiger partial charge in [0.2, 0.25) is 0 Å². The summed E-state index contributed by atoms with van der Waals surface area (Å²) in [6.07, 6.45) is 0.949. The van der Waals surface area contributed by atoms with Crippen LogP contribution in [0.15, 0.2) is 5.16 Å². The zero-order valence-corrected chi connectivity index (χ0v) is 6.18. The topological polar surface area (TPSA) is 32.6 Å². The van der Waals surface area contributed by atoms with E-state index in [2.05, 4.69) is 25.9 Å². The molecule has 2 heteroatoms. The first-order valence-electron chi connectivity index (χ1n) is 3.29. The molecular weight excluding hydrogens is 114 g/mol. The van der Waals surface area contributed by atoms with Crippen molar-refractivity contribution in [2.45, 2.75) is 27.2 Å². The minimum absolute atomic E-state index is 0.363. The van der Waals surface area contributed by atoms with Gasteiger partial charge in [-0.2, -0.15) is 0 Å². The zero-order chi connectivity index (χ0) is 7.07. The van der Waals surface area contributed by atoms with Crippen molar-refractivity contribution in [3.8, 4) is 0 Å². The Morgan fingerprint density at radius 3 is 2.33 bits per heavy atom. The predicted molar refractivity (Wildman–Crippen MR) is 36.8 cm³/mol. The van der Waals surface area contributed by atoms with Crippen LogP contribution in [-0.4, -0.2) is 10.9 Å². The van der Waals surface area contributed by atoms with E-state index >= 15 is 0 Å². The van der Waals surface area contributed by atoms with Crippen LogP contribution in [0.1, 0.15) is 27.2 Å². The average molecular weight is 127 g/mol. The van der Waals surface area contributed by atoms with Gasteiger partial charge in [-0.1, -0.05) is 25.9 Å². The fourth-order valence-electron chi connectivity index (χ4n) is 1.21. The molecule has 0 radical (unpaired) electrons. The lowest BCUT2D eigenvalue weighted by molar-refractivity contribution is 0.217. The van der Waals surface area contributed by atoms with Gasteiger partial charge < -0.3 is 5.21 Å². The van der Waals surface area contributed by atoms with Crippen molar-refractivity contribution in [2.75, 3.05) is 0 Å². The van der Waals surface area contributed by atoms with Gasteiger partial charge in [0.1, 0.15) is 0 Å². The predicted octanol–water partition coefficient (Wildman–Crippen LogP) is 1.88. The second-order valence-corrected chi connectivity index (χ2v) is 3.48. The SMILES string of the molecule is CC1/C(=N\O)CC1(C)C. The van der Waals surface area contributed by atoms with E-state index in [1.165, 1.54) is 0 Å². The van der Waals surface area contributed by atoms with Crippen molar-refractivity contribution in [2.24, 2.45) is 16.5 Å². The molecule has 1 atom stereocenters. The second-order valence-electron chi connectivity index (χ2n) is 3.48. The molecule has 0 bridgehead atoms. The van der Waals surface area contributed by atoms with Gasteiger partial charge in [0.25, 0.3) is 0 Å². The molecule has 0 saturated heterocycles. The molecule has 2 nitrogen and oxygen atoms in total. The van der Waals surface area contributed by atoms with Crippen molar-refractivity contribution in [1.29, 1.82) is 0 Å². The lowest BCUT2D eigenvalue weighted by Crippen LogP contribution is -2.42. The third-order valence-corrected chi connectivity index (χ3v) is 2.44. The first kappa shape index (κ1) is 6.59. The van der Waals surface area contributed by atoms with Crippen LogP contribution >= 0.6 is 0 Å². The maximum Gasteiger partial charge on any atom is 0.0609 e. The van der Waals surface area contributed by atoms with Crippen LogP contribution in [0.5, 0.6) is 0 Å². The number of rotatable bonds is 0. The van der Waals surface area contributed by atoms with Gasteiger partial charge in [-0.05, 0) is 11.8 Å². The highest BCUT2D eigenvalue weighted by molar-refractivity contribution is 5.92. The summed E-state index contributed by atoms with van der Waals surface area (Å²) < 4.78 is 0. The smallest absolute Gasteiger partial charge is 0.0609 e. The maximum atomic E-state index is 8.38. The minimum atomic E-state index is 0.363. The van der Waals surface area contributed by atoms with Crippen LogP contribution in [0.3, 0.4) is 0 Å². The molecule has 1 aliphatic rings. The van der Waals surface area contributed by atoms with E-state index in [4.69, 9.17) is 5.21 Å². The highest BCUT2D eigenvalue weighted by Crippen LogP contribution is 2.42. The van der Waals surface area contributed by atoms with E-state index in [0.29, 0.717) is 11.3 Å². The zero-order valence-electron chi connectivity index (χ0n) is 6.18. The Bertz CT molecular complexity index is 149. The quantitative estimate of drug-likeness (QED) is 0.391. The Balaban J connectivity index is 2.62. The Kier molecular flexibility index (Phi) is 1.26. The van der Waals surface area contributed by atoms with Crippen molar-refractivity contribution < 1.29 is 5.21 Å². The lowest BCUT2D eigenvalue weighted by Gasteiger charge is -2.42. The monoisotopic (exact) mass is 127 g/mol. The molecule has 1 fully saturated rings. The summed E-state index contributed by atoms with van der Waals surface area (Å²) in [6.45, 7) is 6.47. The third-order valence-electron chi connectivity index (χ3n) is 2.44. The molecule has 0 aromatic carbocycles. The molecule has 1 aliphatic carbocycles. The van der Waals surface area contributed by atoms with E-state index in [-0.39, 0.29) is 0 Å². The molecule has 0 aromatic rings. The van der Waals surface area contributed by atoms with Gasteiger partial charge in [0.15, 0.2) is 0 Å². The van der Waals surface area contributed by atoms with Crippen LogP contribution in [0.25, 0.3) is 0 Å². The first-order valence-corrected chi connectivity index (χ1v) is 3.29. The molecule has 9 heavy (non-hydrogen) atoms. The van der Waals surface area contributed by atoms with Gasteiger partial charge in [-0.25, -0.2) is 0 Å². The number of nitrogens with zero attached hydrogens (tertiary/aromatic N) is 1. The van der Waals surface area contributed by atoms with E-state index < -0.39 is 0 Å². The van der Waals surface area contributed by atoms with E-state index in [1.807, 2.05) is 0 Å². The van der Waals surface area contributed by atoms with Crippen LogP contribution < -0.4 is 0 Å². The van der Waals surface area contributed by atoms with Crippen molar-refractivity contribution in [1.82, 2.24) is 0 Å². The first-order chi connectivity index (χ1) is 4.08. The molecule has 1 N–H and O–H groups in total. The molecule has 1 unspecified atom stereocenters. The summed E-state index contributed by atoms with van der Waals surface area (Å²) in [7, 11) is 0. The lowest BCUT2D eigenvalue weighted by atomic mass is 9.62. The molecule has 1 saturated carbocycles. The molecular formula is C7H13NO. The van der Waals surface area contributed by atoms with Crippen molar-refractivity contribution >= 4 is 5.71 Å². The molecule has 1 rings (SSSR count). The largest absolute Gasteiger partial charge is 0.411 e. The van der Waals surface area contributed by atoms with E-state index in [9.17, 15) is 0 Å². The van der Waals surface area contributed by atoms with Gasteiger partial charge in [-0.15, -0.1) is 0 Å². The molecule has 0 amide bonds. The maximum absolute atomic E-state index is 8.38. The Labute approximate surface area is 55.6 Å². The Morgan fingerprint density at radius 2 is 2.22 bits per heavy atom. The molecule has 0 aliphatic heterocycles. The molecule has 0 heterocycles. The van der Waals surface area contributed by atoms with Gasteiger partial charge in [0.05, 0.1) is 5.71 Å². The highest BCUT2D eigenvalue weighted by Gasteiger charge is 2.41. The van der Waals surface area contributed by atoms with Crippen LogP contribution in [0, 0.1) is 11.3 Å². The summed E-state index contributed by atoms with van der Waals surface area (Å²) in [5.41, 5.74) is 1.31. The van der Waals surface area contributed by atoms with Crippen LogP contribution in [0.2, 0.25) is 0 Å². The van der Waals surface area contributed by atoms with Gasteiger partial charge in [0, 0.05) is 5.92 Å². The van der Waals surface area contributed by atoms with E-state index in [0.717, 1.165) is 12.1 Å². The van der Waals surface area contributed by atoms with Crippen LogP contribution in [0.4, 0.5) is 0 Å². The molecule has 0 aromatic heterocycles. The van der Waals surface area contributed by atoms with E-state index in [1.54, 1.807) is 0 Å². The highest BCUT2D eigenvalue weighted by atomic mass is 16.4.